The lowest BCUT2D eigenvalue weighted by Crippen LogP contribution is -2.49. The van der Waals surface area contributed by atoms with Crippen molar-refractivity contribution in [3.05, 3.63) is 0 Å². The van der Waals surface area contributed by atoms with Crippen molar-refractivity contribution in [2.24, 2.45) is 0 Å². The van der Waals surface area contributed by atoms with Gasteiger partial charge in [0.25, 0.3) is 0 Å². The molecule has 2 atom stereocenters. The van der Waals surface area contributed by atoms with Gasteiger partial charge in [-0.1, -0.05) is 6.92 Å². The average Bonchev–Trinajstić information content (AvgIpc) is 2.25. The van der Waals surface area contributed by atoms with Crippen LogP contribution < -0.4 is 5.32 Å². The summed E-state index contributed by atoms with van der Waals surface area (Å²) >= 11 is 0. The van der Waals surface area contributed by atoms with Crippen molar-refractivity contribution in [2.45, 2.75) is 38.8 Å². The normalized spacial score (nSPS) is 13.6. The minimum absolute atomic E-state index is 0.0470. The van der Waals surface area contributed by atoms with E-state index >= 15 is 0 Å². The predicted molar refractivity (Wildman–Crippen MR) is 59.7 cm³/mol. The molecule has 3 N–H and O–H groups in total. The van der Waals surface area contributed by atoms with E-state index in [9.17, 15) is 14.4 Å². The zero-order valence-electron chi connectivity index (χ0n) is 10.1. The summed E-state index contributed by atoms with van der Waals surface area (Å²) in [5.41, 5.74) is 0. The molecule has 7 nitrogen and oxygen atoms in total. The van der Waals surface area contributed by atoms with Crippen LogP contribution in [0.25, 0.3) is 0 Å². The van der Waals surface area contributed by atoms with E-state index in [4.69, 9.17) is 10.2 Å². The molecular weight excluding hydrogens is 228 g/mol. The molecule has 0 aromatic carbocycles. The van der Waals surface area contributed by atoms with Gasteiger partial charge in [-0.25, -0.2) is 9.59 Å². The molecule has 0 saturated carbocycles. The summed E-state index contributed by atoms with van der Waals surface area (Å²) in [7, 11) is 1.53. The van der Waals surface area contributed by atoms with E-state index in [1.165, 1.54) is 11.9 Å². The fourth-order valence-corrected chi connectivity index (χ4v) is 1.10. The molecule has 0 heterocycles. The Labute approximate surface area is 99.4 Å². The van der Waals surface area contributed by atoms with E-state index in [1.807, 2.05) is 13.8 Å². The van der Waals surface area contributed by atoms with Crippen molar-refractivity contribution in [1.29, 1.82) is 0 Å². The molecule has 0 aliphatic heterocycles. The largest absolute Gasteiger partial charge is 0.481 e. The van der Waals surface area contributed by atoms with E-state index in [0.717, 1.165) is 6.42 Å². The Hall–Kier alpha value is -1.79. The number of carboxylic acid groups (broad SMARTS) is 2. The summed E-state index contributed by atoms with van der Waals surface area (Å²) < 4.78 is 0. The molecule has 0 fully saturated rings. The number of hydrogen-bond acceptors (Lipinski definition) is 3. The molecule has 17 heavy (non-hydrogen) atoms. The Kier molecular flexibility index (Phi) is 6.01. The number of carbonyl (C=O) groups excluding carboxylic acids is 1. The number of nitrogens with zero attached hydrogens (tertiary/aromatic N) is 1. The van der Waals surface area contributed by atoms with Gasteiger partial charge in [0.1, 0.15) is 6.04 Å². The summed E-state index contributed by atoms with van der Waals surface area (Å²) in [6.45, 7) is 3.70. The number of amides is 2. The number of nitrogens with one attached hydrogen (secondary N) is 1. The molecule has 7 heteroatoms. The van der Waals surface area contributed by atoms with Crippen LogP contribution in [-0.4, -0.2) is 52.2 Å². The van der Waals surface area contributed by atoms with Gasteiger partial charge < -0.3 is 20.4 Å². The third-order valence-electron chi connectivity index (χ3n) is 2.55. The maximum absolute atomic E-state index is 11.6. The molecule has 0 rings (SSSR count). The zero-order chi connectivity index (χ0) is 13.6. The number of hydrogen-bond donors (Lipinski definition) is 3. The van der Waals surface area contributed by atoms with Gasteiger partial charge in [-0.3, -0.25) is 4.79 Å². The van der Waals surface area contributed by atoms with Gasteiger partial charge in [0, 0.05) is 13.1 Å². The van der Waals surface area contributed by atoms with Crippen molar-refractivity contribution >= 4 is 18.0 Å². The summed E-state index contributed by atoms with van der Waals surface area (Å²) in [6.07, 6.45) is 0.0794. The van der Waals surface area contributed by atoms with Crippen molar-refractivity contribution in [3.8, 4) is 0 Å². The first-order chi connectivity index (χ1) is 7.79. The molecule has 0 aliphatic rings. The summed E-state index contributed by atoms with van der Waals surface area (Å²) in [5, 5.41) is 19.4. The molecule has 0 spiro atoms. The molecule has 2 amide bonds. The van der Waals surface area contributed by atoms with Gasteiger partial charge in [0.15, 0.2) is 0 Å². The summed E-state index contributed by atoms with van der Waals surface area (Å²) in [5.74, 6) is -2.64. The topological polar surface area (TPSA) is 107 Å². The Balaban J connectivity index is 4.50. The summed E-state index contributed by atoms with van der Waals surface area (Å²) in [4.78, 5) is 34.1. The third kappa shape index (κ3) is 5.19. The number of carboxylic acids is 2. The summed E-state index contributed by atoms with van der Waals surface area (Å²) in [6, 6.07) is -2.05. The van der Waals surface area contributed by atoms with E-state index in [-0.39, 0.29) is 6.04 Å². The Morgan fingerprint density at radius 3 is 2.18 bits per heavy atom. The van der Waals surface area contributed by atoms with Crippen molar-refractivity contribution in [2.75, 3.05) is 7.05 Å². The second-order valence-electron chi connectivity index (χ2n) is 3.81. The third-order valence-corrected chi connectivity index (χ3v) is 2.55. The molecule has 2 unspecified atom stereocenters. The monoisotopic (exact) mass is 246 g/mol. The van der Waals surface area contributed by atoms with Gasteiger partial charge >= 0.3 is 18.0 Å². The van der Waals surface area contributed by atoms with Crippen LogP contribution in [0, 0.1) is 0 Å². The number of rotatable bonds is 6. The van der Waals surface area contributed by atoms with Gasteiger partial charge in [0.05, 0.1) is 6.42 Å². The van der Waals surface area contributed by atoms with Crippen molar-refractivity contribution in [3.63, 3.8) is 0 Å². The maximum Gasteiger partial charge on any atom is 0.326 e. The van der Waals surface area contributed by atoms with Gasteiger partial charge in [0.2, 0.25) is 0 Å². The fourth-order valence-electron chi connectivity index (χ4n) is 1.10. The van der Waals surface area contributed by atoms with Crippen LogP contribution in [0.2, 0.25) is 0 Å². The van der Waals surface area contributed by atoms with Crippen LogP contribution in [0.3, 0.4) is 0 Å². The smallest absolute Gasteiger partial charge is 0.326 e. The van der Waals surface area contributed by atoms with E-state index < -0.39 is 30.4 Å². The first-order valence-corrected chi connectivity index (χ1v) is 5.27. The first-order valence-electron chi connectivity index (χ1n) is 5.27. The molecule has 0 aromatic rings. The highest BCUT2D eigenvalue weighted by atomic mass is 16.4. The van der Waals surface area contributed by atoms with Crippen LogP contribution in [0.4, 0.5) is 4.79 Å². The Morgan fingerprint density at radius 2 is 1.82 bits per heavy atom. The lowest BCUT2D eigenvalue weighted by Gasteiger charge is -2.25. The highest BCUT2D eigenvalue weighted by Crippen LogP contribution is 2.02. The van der Waals surface area contributed by atoms with Crippen molar-refractivity contribution < 1.29 is 24.6 Å². The van der Waals surface area contributed by atoms with Crippen LogP contribution in [0.5, 0.6) is 0 Å². The molecule has 0 aliphatic carbocycles. The maximum atomic E-state index is 11.6. The molecule has 0 radical (unpaired) electrons. The van der Waals surface area contributed by atoms with Crippen LogP contribution in [0.15, 0.2) is 0 Å². The second-order valence-corrected chi connectivity index (χ2v) is 3.81. The molecule has 98 valence electrons. The zero-order valence-corrected chi connectivity index (χ0v) is 10.1. The van der Waals surface area contributed by atoms with Gasteiger partial charge in [-0.05, 0) is 13.3 Å². The number of aliphatic carboxylic acids is 2. The van der Waals surface area contributed by atoms with E-state index in [1.54, 1.807) is 0 Å². The van der Waals surface area contributed by atoms with Gasteiger partial charge in [-0.2, -0.15) is 0 Å². The average molecular weight is 246 g/mol. The molecule has 0 bridgehead atoms. The lowest BCUT2D eigenvalue weighted by atomic mass is 10.2. The van der Waals surface area contributed by atoms with Crippen LogP contribution in [0.1, 0.15) is 26.7 Å². The SMILES string of the molecule is CCC(C)N(C)C(=O)NC(CC(=O)O)C(=O)O. The molecule has 0 aromatic heterocycles. The molecule has 0 saturated heterocycles. The van der Waals surface area contributed by atoms with E-state index in [0.29, 0.717) is 0 Å². The molecular formula is C10H18N2O5. The van der Waals surface area contributed by atoms with Crippen molar-refractivity contribution in [1.82, 2.24) is 10.2 Å². The van der Waals surface area contributed by atoms with Crippen LogP contribution in [-0.2, 0) is 9.59 Å². The van der Waals surface area contributed by atoms with Gasteiger partial charge in [-0.15, -0.1) is 0 Å². The van der Waals surface area contributed by atoms with Crippen LogP contribution >= 0.6 is 0 Å². The Morgan fingerprint density at radius 1 is 1.29 bits per heavy atom. The lowest BCUT2D eigenvalue weighted by molar-refractivity contribution is -0.145. The minimum Gasteiger partial charge on any atom is -0.481 e. The first kappa shape index (κ1) is 15.2. The second kappa shape index (κ2) is 6.72. The minimum atomic E-state index is -1.41. The van der Waals surface area contributed by atoms with E-state index in [2.05, 4.69) is 5.32 Å². The highest BCUT2D eigenvalue weighted by molar-refractivity contribution is 5.86. The Bertz CT molecular complexity index is 305. The number of urea groups is 1. The standard InChI is InChI=1S/C10H18N2O5/c1-4-6(2)12(3)10(17)11-7(9(15)16)5-8(13)14/h6-7H,4-5H2,1-3H3,(H,11,17)(H,13,14)(H,15,16). The predicted octanol–water partition coefficient (Wildman–Crippen LogP) is 0.354. The number of carbonyl (C=O) groups is 3. The fraction of sp³-hybridized carbons (Fsp3) is 0.700. The highest BCUT2D eigenvalue weighted by Gasteiger charge is 2.25. The quantitative estimate of drug-likeness (QED) is 0.627.